The van der Waals surface area contributed by atoms with E-state index in [4.69, 9.17) is 9.47 Å². The van der Waals surface area contributed by atoms with Crippen LogP contribution in [-0.2, 0) is 19.1 Å². The minimum atomic E-state index is -1.65. The summed E-state index contributed by atoms with van der Waals surface area (Å²) >= 11 is 0. The summed E-state index contributed by atoms with van der Waals surface area (Å²) in [4.78, 5) is 46.8. The molecule has 0 heterocycles. The maximum absolute atomic E-state index is 12.4. The smallest absolute Gasteiger partial charge is 0.339 e. The number of esters is 2. The highest BCUT2D eigenvalue weighted by Crippen LogP contribution is 2.36. The Morgan fingerprint density at radius 2 is 1.88 bits per heavy atom. The van der Waals surface area contributed by atoms with Crippen LogP contribution >= 0.6 is 0 Å². The quantitative estimate of drug-likeness (QED) is 0.347. The molecule has 8 heteroatoms. The van der Waals surface area contributed by atoms with Crippen molar-refractivity contribution in [3.05, 3.63) is 52.1 Å². The maximum Gasteiger partial charge on any atom is 0.339 e. The van der Waals surface area contributed by atoms with Crippen molar-refractivity contribution in [2.24, 2.45) is 5.92 Å². The van der Waals surface area contributed by atoms with Gasteiger partial charge in [-0.25, -0.2) is 4.79 Å². The van der Waals surface area contributed by atoms with Gasteiger partial charge < -0.3 is 9.47 Å². The van der Waals surface area contributed by atoms with Gasteiger partial charge in [0.2, 0.25) is 0 Å². The number of benzene rings is 1. The molecule has 8 nitrogen and oxygen atoms in total. The lowest BCUT2D eigenvalue weighted by molar-refractivity contribution is -0.384. The maximum atomic E-state index is 12.4. The van der Waals surface area contributed by atoms with E-state index in [2.05, 4.69) is 0 Å². The van der Waals surface area contributed by atoms with E-state index in [0.29, 0.717) is 6.42 Å². The van der Waals surface area contributed by atoms with E-state index in [0.717, 1.165) is 12.1 Å². The number of carbonyl (C=O) groups is 3. The SMILES string of the molecule is COC(=O)[C@@H]1C=CCC[C@@]1(OC(=O)c1ccc([N+](=O)[O-])cc1)C(C)=O. The Hall–Kier alpha value is -3.03. The minimum Gasteiger partial charge on any atom is -0.468 e. The van der Waals surface area contributed by atoms with Crippen LogP contribution in [-0.4, -0.2) is 35.4 Å². The van der Waals surface area contributed by atoms with Gasteiger partial charge in [-0.1, -0.05) is 12.2 Å². The number of carbonyl (C=O) groups excluding carboxylic acids is 3. The third-order valence-electron chi connectivity index (χ3n) is 4.15. The summed E-state index contributed by atoms with van der Waals surface area (Å²) in [5.41, 5.74) is -1.78. The van der Waals surface area contributed by atoms with Gasteiger partial charge in [-0.2, -0.15) is 0 Å². The Kier molecular flexibility index (Phi) is 5.31. The van der Waals surface area contributed by atoms with Gasteiger partial charge in [-0.3, -0.25) is 19.7 Å². The van der Waals surface area contributed by atoms with Crippen molar-refractivity contribution in [1.29, 1.82) is 0 Å². The number of ketones is 1. The number of hydrogen-bond acceptors (Lipinski definition) is 7. The van der Waals surface area contributed by atoms with Crippen LogP contribution in [0.3, 0.4) is 0 Å². The number of ether oxygens (including phenoxy) is 2. The molecule has 0 radical (unpaired) electrons. The van der Waals surface area contributed by atoms with Crippen molar-refractivity contribution in [2.45, 2.75) is 25.4 Å². The lowest BCUT2D eigenvalue weighted by atomic mass is 9.76. The monoisotopic (exact) mass is 347 g/mol. The summed E-state index contributed by atoms with van der Waals surface area (Å²) in [6, 6.07) is 4.80. The van der Waals surface area contributed by atoms with E-state index in [-0.39, 0.29) is 17.7 Å². The number of rotatable bonds is 5. The van der Waals surface area contributed by atoms with Crippen molar-refractivity contribution < 1.29 is 28.8 Å². The van der Waals surface area contributed by atoms with Crippen LogP contribution in [0, 0.1) is 16.0 Å². The molecule has 132 valence electrons. The van der Waals surface area contributed by atoms with E-state index in [1.54, 1.807) is 6.08 Å². The van der Waals surface area contributed by atoms with Crippen LogP contribution < -0.4 is 0 Å². The largest absolute Gasteiger partial charge is 0.468 e. The highest BCUT2D eigenvalue weighted by atomic mass is 16.6. The van der Waals surface area contributed by atoms with Crippen LogP contribution in [0.1, 0.15) is 30.1 Å². The van der Waals surface area contributed by atoms with Gasteiger partial charge >= 0.3 is 11.9 Å². The summed E-state index contributed by atoms with van der Waals surface area (Å²) in [6.07, 6.45) is 3.83. The zero-order chi connectivity index (χ0) is 18.6. The minimum absolute atomic E-state index is 0.0457. The number of non-ortho nitro benzene ring substituents is 1. The fraction of sp³-hybridized carbons (Fsp3) is 0.353. The Bertz CT molecular complexity index is 738. The van der Waals surface area contributed by atoms with Gasteiger partial charge in [0.1, 0.15) is 5.92 Å². The molecule has 2 atom stereocenters. The molecule has 0 saturated carbocycles. The van der Waals surface area contributed by atoms with Crippen LogP contribution in [0.2, 0.25) is 0 Å². The van der Waals surface area contributed by atoms with Gasteiger partial charge in [-0.15, -0.1) is 0 Å². The number of nitro benzene ring substituents is 1. The molecule has 0 aromatic heterocycles. The second-order valence-electron chi connectivity index (χ2n) is 5.61. The molecule has 0 bridgehead atoms. The first-order valence-corrected chi connectivity index (χ1v) is 7.55. The molecule has 1 aromatic rings. The van der Waals surface area contributed by atoms with E-state index in [1.165, 1.54) is 32.2 Å². The fourth-order valence-corrected chi connectivity index (χ4v) is 2.76. The Morgan fingerprint density at radius 3 is 2.40 bits per heavy atom. The third kappa shape index (κ3) is 3.57. The molecule has 0 aliphatic heterocycles. The molecule has 0 amide bonds. The lowest BCUT2D eigenvalue weighted by Crippen LogP contribution is -2.52. The van der Waals surface area contributed by atoms with Crippen LogP contribution in [0.15, 0.2) is 36.4 Å². The summed E-state index contributed by atoms with van der Waals surface area (Å²) in [6.45, 7) is 1.25. The molecule has 1 aliphatic rings. The molecule has 25 heavy (non-hydrogen) atoms. The average Bonchev–Trinajstić information content (AvgIpc) is 2.61. The number of allylic oxidation sites excluding steroid dienone is 1. The van der Waals surface area contributed by atoms with Gasteiger partial charge in [0.05, 0.1) is 17.6 Å². The van der Waals surface area contributed by atoms with Crippen molar-refractivity contribution in [3.63, 3.8) is 0 Å². The van der Waals surface area contributed by atoms with E-state index >= 15 is 0 Å². The molecule has 0 unspecified atom stereocenters. The van der Waals surface area contributed by atoms with E-state index < -0.39 is 34.2 Å². The molecule has 0 saturated heterocycles. The topological polar surface area (TPSA) is 113 Å². The van der Waals surface area contributed by atoms with Crippen LogP contribution in [0.4, 0.5) is 5.69 Å². The number of hydrogen-bond donors (Lipinski definition) is 0. The van der Waals surface area contributed by atoms with E-state index in [1.807, 2.05) is 0 Å². The molecule has 0 N–H and O–H groups in total. The van der Waals surface area contributed by atoms with Crippen molar-refractivity contribution in [3.8, 4) is 0 Å². The molecular formula is C17H17NO7. The first-order chi connectivity index (χ1) is 11.8. The number of Topliss-reactive ketones (excluding diaryl/α,β-unsaturated/α-hetero) is 1. The number of nitro groups is 1. The standard InChI is InChI=1S/C17H17NO7/c1-11(19)17(10-4-3-5-14(17)16(21)24-2)25-15(20)12-6-8-13(9-7-12)18(22)23/h3,5-9,14H,4,10H2,1-2H3/t14-,17+/m0/s1. The highest BCUT2D eigenvalue weighted by molar-refractivity contribution is 5.97. The van der Waals surface area contributed by atoms with Crippen molar-refractivity contribution in [2.75, 3.05) is 7.11 Å². The fourth-order valence-electron chi connectivity index (χ4n) is 2.76. The Balaban J connectivity index is 2.33. The van der Waals surface area contributed by atoms with Gasteiger partial charge in [-0.05, 0) is 31.9 Å². The zero-order valence-corrected chi connectivity index (χ0v) is 13.8. The van der Waals surface area contributed by atoms with Gasteiger partial charge in [0.25, 0.3) is 5.69 Å². The van der Waals surface area contributed by atoms with Crippen LogP contribution in [0.25, 0.3) is 0 Å². The normalized spacial score (nSPS) is 22.1. The summed E-state index contributed by atoms with van der Waals surface area (Å²) in [7, 11) is 1.19. The first-order valence-electron chi connectivity index (χ1n) is 7.55. The average molecular weight is 347 g/mol. The summed E-state index contributed by atoms with van der Waals surface area (Å²) in [5, 5.41) is 10.7. The molecule has 2 rings (SSSR count). The molecule has 0 fully saturated rings. The summed E-state index contributed by atoms with van der Waals surface area (Å²) in [5.74, 6) is -3.02. The third-order valence-corrected chi connectivity index (χ3v) is 4.15. The molecule has 0 spiro atoms. The van der Waals surface area contributed by atoms with Crippen LogP contribution in [0.5, 0.6) is 0 Å². The second kappa shape index (κ2) is 7.25. The highest BCUT2D eigenvalue weighted by Gasteiger charge is 2.51. The molecule has 1 aromatic carbocycles. The molecule has 1 aliphatic carbocycles. The predicted molar refractivity (Wildman–Crippen MR) is 85.8 cm³/mol. The number of methoxy groups -OCH3 is 1. The van der Waals surface area contributed by atoms with Gasteiger partial charge in [0.15, 0.2) is 11.4 Å². The summed E-state index contributed by atoms with van der Waals surface area (Å²) < 4.78 is 10.2. The Morgan fingerprint density at radius 1 is 1.24 bits per heavy atom. The predicted octanol–water partition coefficient (Wildman–Crippen LogP) is 2.22. The second-order valence-corrected chi connectivity index (χ2v) is 5.61. The zero-order valence-electron chi connectivity index (χ0n) is 13.8. The Labute approximate surface area is 143 Å². The first kappa shape index (κ1) is 18.3. The number of nitrogens with zero attached hydrogens (tertiary/aromatic N) is 1. The van der Waals surface area contributed by atoms with E-state index in [9.17, 15) is 24.5 Å². The van der Waals surface area contributed by atoms with Gasteiger partial charge in [0, 0.05) is 12.1 Å². The van der Waals surface area contributed by atoms with Crippen molar-refractivity contribution >= 4 is 23.4 Å². The lowest BCUT2D eigenvalue weighted by Gasteiger charge is -2.37. The molecular weight excluding hydrogens is 330 g/mol. The van der Waals surface area contributed by atoms with Crippen molar-refractivity contribution in [1.82, 2.24) is 0 Å².